The Balaban J connectivity index is 2.12. The molecule has 0 saturated carbocycles. The summed E-state index contributed by atoms with van der Waals surface area (Å²) in [5, 5.41) is 11.3. The summed E-state index contributed by atoms with van der Waals surface area (Å²) >= 11 is 0. The second-order valence-corrected chi connectivity index (χ2v) is 11.0. The highest BCUT2D eigenvalue weighted by atomic mass is 19.1. The summed E-state index contributed by atoms with van der Waals surface area (Å²) in [5.41, 5.74) is 0.683. The lowest BCUT2D eigenvalue weighted by atomic mass is 10.0. The zero-order chi connectivity index (χ0) is 30.0. The lowest BCUT2D eigenvalue weighted by Gasteiger charge is -2.25. The third-order valence-corrected chi connectivity index (χ3v) is 7.01. The molecular weight excluding hydrogens is 523 g/mol. The third kappa shape index (κ3) is 13.6. The highest BCUT2D eigenvalue weighted by Gasteiger charge is 2.27. The molecule has 1 aromatic rings. The molecule has 4 N–H and O–H groups in total. The minimum Gasteiger partial charge on any atom is -0.352 e. The fourth-order valence-electron chi connectivity index (χ4n) is 4.48. The van der Waals surface area contributed by atoms with E-state index in [1.807, 2.05) is 13.8 Å². The van der Waals surface area contributed by atoms with Crippen molar-refractivity contribution < 1.29 is 23.6 Å². The van der Waals surface area contributed by atoms with Gasteiger partial charge in [0.15, 0.2) is 0 Å². The number of carbonyl (C=O) groups is 4. The van der Waals surface area contributed by atoms with E-state index in [0.717, 1.165) is 25.7 Å². The maximum atomic E-state index is 13.5. The number of hydrogen-bond acceptors (Lipinski definition) is 4. The van der Waals surface area contributed by atoms with Crippen LogP contribution in [0.4, 0.5) is 4.39 Å². The zero-order valence-corrected chi connectivity index (χ0v) is 24.7. The molecule has 0 aliphatic carbocycles. The first-order chi connectivity index (χ1) is 19.7. The van der Waals surface area contributed by atoms with Crippen molar-refractivity contribution in [2.45, 2.75) is 103 Å². The molecule has 0 radical (unpaired) electrons. The molecular formula is C32H47FN4O4. The Morgan fingerprint density at radius 1 is 1.00 bits per heavy atom. The number of nitrogens with one attached hydrogen (secondary N) is 4. The van der Waals surface area contributed by atoms with Gasteiger partial charge < -0.3 is 21.3 Å². The first kappa shape index (κ1) is 33.7. The predicted octanol–water partition coefficient (Wildman–Crippen LogP) is 4.25. The van der Waals surface area contributed by atoms with Gasteiger partial charge in [-0.2, -0.15) is 0 Å². The molecule has 1 aliphatic rings. The van der Waals surface area contributed by atoms with Crippen LogP contribution in [-0.2, 0) is 25.6 Å². The number of hydrogen-bond donors (Lipinski definition) is 4. The number of unbranched alkanes of at least 4 members (excludes halogenated alkanes) is 6. The van der Waals surface area contributed by atoms with E-state index in [1.165, 1.54) is 37.5 Å². The molecule has 0 bridgehead atoms. The Morgan fingerprint density at radius 3 is 2.37 bits per heavy atom. The van der Waals surface area contributed by atoms with E-state index in [2.05, 4.69) is 28.2 Å². The Bertz CT molecular complexity index is 1040. The maximum Gasteiger partial charge on any atom is 0.247 e. The standard InChI is InChI=1S/C32H47FN4O4/c1-4-5-6-7-8-9-10-14-30(39)35-28(22-24-15-17-25(33)18-16-24)32(41)37-27-13-11-12-21-34-29(38)20-19-26(23(2)3)36-31(27)40/h11,13,15-20,23,26-28H,4-10,12,14,21-22H2,1-3H3,(H,34,38)(H,35,39)(H,36,40)(H,37,41)/b13-11+,20-19+/t26-,27+,28+/m1/s1. The van der Waals surface area contributed by atoms with E-state index in [9.17, 15) is 23.6 Å². The van der Waals surface area contributed by atoms with Crippen LogP contribution in [0.5, 0.6) is 0 Å². The van der Waals surface area contributed by atoms with Gasteiger partial charge in [0.05, 0.1) is 0 Å². The van der Waals surface area contributed by atoms with Crippen LogP contribution in [0, 0.1) is 11.7 Å². The van der Waals surface area contributed by atoms with Crippen LogP contribution in [0.1, 0.15) is 84.1 Å². The van der Waals surface area contributed by atoms with Crippen LogP contribution in [0.2, 0.25) is 0 Å². The third-order valence-electron chi connectivity index (χ3n) is 7.01. The molecule has 0 saturated heterocycles. The smallest absolute Gasteiger partial charge is 0.247 e. The molecule has 2 rings (SSSR count). The van der Waals surface area contributed by atoms with Gasteiger partial charge >= 0.3 is 0 Å². The maximum absolute atomic E-state index is 13.5. The van der Waals surface area contributed by atoms with Crippen LogP contribution < -0.4 is 21.3 Å². The van der Waals surface area contributed by atoms with Crippen LogP contribution in [-0.4, -0.2) is 48.3 Å². The van der Waals surface area contributed by atoms with Crippen molar-refractivity contribution in [3.8, 4) is 0 Å². The Hall–Kier alpha value is -3.49. The Morgan fingerprint density at radius 2 is 1.68 bits per heavy atom. The number of carbonyl (C=O) groups excluding carboxylic acids is 4. The normalized spacial score (nSPS) is 20.1. The van der Waals surface area contributed by atoms with Crippen LogP contribution in [0.25, 0.3) is 0 Å². The van der Waals surface area contributed by atoms with E-state index in [1.54, 1.807) is 30.4 Å². The molecule has 0 fully saturated rings. The first-order valence-corrected chi connectivity index (χ1v) is 15.0. The molecule has 8 nitrogen and oxygen atoms in total. The number of halogens is 1. The average Bonchev–Trinajstić information content (AvgIpc) is 2.93. The number of amides is 4. The van der Waals surface area contributed by atoms with Gasteiger partial charge in [-0.1, -0.05) is 89.7 Å². The minimum absolute atomic E-state index is 0.00318. The molecule has 3 atom stereocenters. The number of benzene rings is 1. The first-order valence-electron chi connectivity index (χ1n) is 15.0. The van der Waals surface area contributed by atoms with E-state index in [-0.39, 0.29) is 24.2 Å². The van der Waals surface area contributed by atoms with Crippen molar-refractivity contribution >= 4 is 23.6 Å². The van der Waals surface area contributed by atoms with E-state index in [4.69, 9.17) is 0 Å². The molecule has 0 spiro atoms. The molecule has 1 heterocycles. The summed E-state index contributed by atoms with van der Waals surface area (Å²) in [7, 11) is 0. The van der Waals surface area contributed by atoms with Crippen molar-refractivity contribution in [3.05, 3.63) is 60.0 Å². The van der Waals surface area contributed by atoms with Gasteiger partial charge in [-0.25, -0.2) is 4.39 Å². The fourth-order valence-corrected chi connectivity index (χ4v) is 4.48. The van der Waals surface area contributed by atoms with Crippen molar-refractivity contribution in [2.24, 2.45) is 5.92 Å². The summed E-state index contributed by atoms with van der Waals surface area (Å²) in [5.74, 6) is -1.79. The summed E-state index contributed by atoms with van der Waals surface area (Å²) in [4.78, 5) is 51.5. The van der Waals surface area contributed by atoms with Gasteiger partial charge in [0.25, 0.3) is 0 Å². The largest absolute Gasteiger partial charge is 0.352 e. The Labute approximate surface area is 244 Å². The van der Waals surface area contributed by atoms with Crippen molar-refractivity contribution in [3.63, 3.8) is 0 Å². The number of rotatable bonds is 14. The van der Waals surface area contributed by atoms with Crippen molar-refractivity contribution in [1.29, 1.82) is 0 Å². The summed E-state index contributed by atoms with van der Waals surface area (Å²) in [6.07, 6.45) is 14.8. The van der Waals surface area contributed by atoms with Gasteiger partial charge in [0.1, 0.15) is 17.9 Å². The summed E-state index contributed by atoms with van der Waals surface area (Å²) in [6, 6.07) is 3.43. The molecule has 226 valence electrons. The van der Waals surface area contributed by atoms with Crippen LogP contribution in [0.15, 0.2) is 48.6 Å². The van der Waals surface area contributed by atoms with Crippen molar-refractivity contribution in [1.82, 2.24) is 21.3 Å². The average molecular weight is 571 g/mol. The lowest BCUT2D eigenvalue weighted by Crippen LogP contribution is -2.55. The SMILES string of the molecule is CCCCCCCCCC(=O)N[C@@H](Cc1ccc(F)cc1)C(=O)N[C@H]1/C=C/CCNC(=O)/C=C/[C@H](C(C)C)NC1=O. The molecule has 1 aliphatic heterocycles. The molecule has 1 aromatic carbocycles. The summed E-state index contributed by atoms with van der Waals surface area (Å²) in [6.45, 7) is 6.40. The highest BCUT2D eigenvalue weighted by molar-refractivity contribution is 5.93. The summed E-state index contributed by atoms with van der Waals surface area (Å²) < 4.78 is 13.5. The van der Waals surface area contributed by atoms with Gasteiger partial charge in [-0.15, -0.1) is 0 Å². The molecule has 4 amide bonds. The lowest BCUT2D eigenvalue weighted by molar-refractivity contribution is -0.131. The predicted molar refractivity (Wildman–Crippen MR) is 159 cm³/mol. The quantitative estimate of drug-likeness (QED) is 0.198. The Kier molecular flexibility index (Phi) is 15.4. The minimum atomic E-state index is -0.983. The van der Waals surface area contributed by atoms with Crippen LogP contribution in [0.3, 0.4) is 0 Å². The highest BCUT2D eigenvalue weighted by Crippen LogP contribution is 2.11. The molecule has 0 unspecified atom stereocenters. The van der Waals surface area contributed by atoms with E-state index >= 15 is 0 Å². The van der Waals surface area contributed by atoms with Crippen molar-refractivity contribution in [2.75, 3.05) is 6.54 Å². The monoisotopic (exact) mass is 570 g/mol. The zero-order valence-electron chi connectivity index (χ0n) is 24.7. The van der Waals surface area contributed by atoms with Gasteiger partial charge in [0, 0.05) is 31.5 Å². The van der Waals surface area contributed by atoms with Gasteiger partial charge in [-0.3, -0.25) is 19.2 Å². The second kappa shape index (κ2) is 18.8. The fraction of sp³-hybridized carbons (Fsp3) is 0.562. The van der Waals surface area contributed by atoms with Crippen LogP contribution >= 0.6 is 0 Å². The van der Waals surface area contributed by atoms with E-state index in [0.29, 0.717) is 24.9 Å². The van der Waals surface area contributed by atoms with E-state index < -0.39 is 35.8 Å². The second-order valence-electron chi connectivity index (χ2n) is 11.0. The topological polar surface area (TPSA) is 116 Å². The van der Waals surface area contributed by atoms with Gasteiger partial charge in [0.2, 0.25) is 23.6 Å². The van der Waals surface area contributed by atoms with Gasteiger partial charge in [-0.05, 0) is 36.5 Å². The molecule has 41 heavy (non-hydrogen) atoms. The molecule has 0 aromatic heterocycles. The molecule has 9 heteroatoms.